The summed E-state index contributed by atoms with van der Waals surface area (Å²) in [6, 6.07) is 38.3. The van der Waals surface area contributed by atoms with Crippen molar-refractivity contribution in [2.45, 2.75) is 37.8 Å². The van der Waals surface area contributed by atoms with Gasteiger partial charge in [-0.05, 0) is 55.0 Å². The molecule has 0 saturated heterocycles. The number of aryl methyl sites for hydroxylation is 1. The third-order valence-electron chi connectivity index (χ3n) is 6.98. The zero-order chi connectivity index (χ0) is 21.3. The van der Waals surface area contributed by atoms with E-state index < -0.39 is 0 Å². The first kappa shape index (κ1) is 19.2. The van der Waals surface area contributed by atoms with E-state index in [1.807, 2.05) is 0 Å². The fourth-order valence-electron chi connectivity index (χ4n) is 5.51. The fraction of sp³-hybridized carbons (Fsp3) is 0.200. The predicted octanol–water partition coefficient (Wildman–Crippen LogP) is 7.59. The molecular formula is C30H28N2. The molecule has 0 spiro atoms. The fourth-order valence-corrected chi connectivity index (χ4v) is 5.51. The van der Waals surface area contributed by atoms with Gasteiger partial charge in [-0.1, -0.05) is 84.9 Å². The molecule has 2 unspecified atom stereocenters. The quantitative estimate of drug-likeness (QED) is 0.312. The lowest BCUT2D eigenvalue weighted by Crippen LogP contribution is -2.31. The van der Waals surface area contributed by atoms with E-state index >= 15 is 0 Å². The lowest BCUT2D eigenvalue weighted by molar-refractivity contribution is 0.467. The van der Waals surface area contributed by atoms with Crippen molar-refractivity contribution in [2.75, 3.05) is 5.32 Å². The zero-order valence-corrected chi connectivity index (χ0v) is 18.2. The normalized spacial score (nSPS) is 17.9. The Labute approximate surface area is 189 Å². The minimum atomic E-state index is 0.332. The van der Waals surface area contributed by atoms with Crippen LogP contribution in [-0.4, -0.2) is 10.6 Å². The molecule has 6 rings (SSSR count). The second kappa shape index (κ2) is 8.20. The molecule has 1 aromatic heterocycles. The van der Waals surface area contributed by atoms with Crippen LogP contribution in [0.1, 0.15) is 36.4 Å². The number of aromatic nitrogens is 1. The summed E-state index contributed by atoms with van der Waals surface area (Å²) in [6.07, 6.45) is 4.62. The summed E-state index contributed by atoms with van der Waals surface area (Å²) >= 11 is 0. The molecular weight excluding hydrogens is 388 g/mol. The number of hydrogen-bond acceptors (Lipinski definition) is 1. The van der Waals surface area contributed by atoms with Crippen molar-refractivity contribution in [1.82, 2.24) is 4.57 Å². The molecule has 2 heterocycles. The SMILES string of the molecule is c1ccc(CCCC2CC(n3c4ccccc4c4ccccc43)c3ccccc3N2)cc1. The van der Waals surface area contributed by atoms with Gasteiger partial charge in [0.05, 0.1) is 6.04 Å². The van der Waals surface area contributed by atoms with Gasteiger partial charge >= 0.3 is 0 Å². The lowest BCUT2D eigenvalue weighted by Gasteiger charge is -2.35. The summed E-state index contributed by atoms with van der Waals surface area (Å²) in [5.74, 6) is 0. The molecule has 2 atom stereocenters. The second-order valence-corrected chi connectivity index (χ2v) is 8.96. The highest BCUT2D eigenvalue weighted by molar-refractivity contribution is 6.08. The molecule has 0 aliphatic carbocycles. The monoisotopic (exact) mass is 416 g/mol. The molecule has 0 fully saturated rings. The van der Waals surface area contributed by atoms with Crippen LogP contribution in [0.5, 0.6) is 0 Å². The number of fused-ring (bicyclic) bond motifs is 4. The maximum Gasteiger partial charge on any atom is 0.0631 e. The van der Waals surface area contributed by atoms with E-state index in [1.165, 1.54) is 51.5 Å². The summed E-state index contributed by atoms with van der Waals surface area (Å²) in [5, 5.41) is 6.55. The van der Waals surface area contributed by atoms with Gasteiger partial charge in [-0.25, -0.2) is 0 Å². The molecule has 1 N–H and O–H groups in total. The summed E-state index contributed by atoms with van der Waals surface area (Å²) in [7, 11) is 0. The van der Waals surface area contributed by atoms with Gasteiger partial charge in [0.2, 0.25) is 0 Å². The van der Waals surface area contributed by atoms with Crippen molar-refractivity contribution >= 4 is 27.5 Å². The Morgan fingerprint density at radius 1 is 0.688 bits per heavy atom. The number of benzene rings is 4. The van der Waals surface area contributed by atoms with Crippen LogP contribution in [0.4, 0.5) is 5.69 Å². The zero-order valence-electron chi connectivity index (χ0n) is 18.2. The van der Waals surface area contributed by atoms with Crippen LogP contribution in [0.3, 0.4) is 0 Å². The summed E-state index contributed by atoms with van der Waals surface area (Å²) < 4.78 is 2.59. The summed E-state index contributed by atoms with van der Waals surface area (Å²) in [4.78, 5) is 0. The molecule has 1 aliphatic heterocycles. The van der Waals surface area contributed by atoms with Crippen molar-refractivity contribution in [3.63, 3.8) is 0 Å². The Hall–Kier alpha value is -3.52. The number of anilines is 1. The minimum absolute atomic E-state index is 0.332. The van der Waals surface area contributed by atoms with Crippen molar-refractivity contribution in [1.29, 1.82) is 0 Å². The maximum absolute atomic E-state index is 3.86. The van der Waals surface area contributed by atoms with Gasteiger partial charge in [0.15, 0.2) is 0 Å². The van der Waals surface area contributed by atoms with E-state index in [9.17, 15) is 0 Å². The van der Waals surface area contributed by atoms with Gasteiger partial charge < -0.3 is 9.88 Å². The second-order valence-electron chi connectivity index (χ2n) is 8.96. The Morgan fingerprint density at radius 3 is 2.06 bits per heavy atom. The molecule has 32 heavy (non-hydrogen) atoms. The molecule has 0 saturated carbocycles. The van der Waals surface area contributed by atoms with Crippen LogP contribution in [0.2, 0.25) is 0 Å². The number of nitrogens with zero attached hydrogens (tertiary/aromatic N) is 1. The van der Waals surface area contributed by atoms with E-state index in [2.05, 4.69) is 113 Å². The predicted molar refractivity (Wildman–Crippen MR) is 135 cm³/mol. The molecule has 5 aromatic rings. The topological polar surface area (TPSA) is 17.0 Å². The molecule has 1 aliphatic rings. The third-order valence-corrected chi connectivity index (χ3v) is 6.98. The van der Waals surface area contributed by atoms with Crippen molar-refractivity contribution in [2.24, 2.45) is 0 Å². The minimum Gasteiger partial charge on any atom is -0.382 e. The van der Waals surface area contributed by atoms with Crippen LogP contribution in [-0.2, 0) is 6.42 Å². The molecule has 0 bridgehead atoms. The molecule has 0 radical (unpaired) electrons. The van der Waals surface area contributed by atoms with Crippen LogP contribution in [0.15, 0.2) is 103 Å². The number of para-hydroxylation sites is 3. The van der Waals surface area contributed by atoms with Gasteiger partial charge in [0.25, 0.3) is 0 Å². The first-order valence-corrected chi connectivity index (χ1v) is 11.8. The molecule has 158 valence electrons. The van der Waals surface area contributed by atoms with E-state index in [4.69, 9.17) is 0 Å². The Morgan fingerprint density at radius 2 is 1.31 bits per heavy atom. The highest BCUT2D eigenvalue weighted by atomic mass is 15.1. The van der Waals surface area contributed by atoms with Crippen LogP contribution >= 0.6 is 0 Å². The van der Waals surface area contributed by atoms with Gasteiger partial charge in [-0.15, -0.1) is 0 Å². The number of nitrogens with one attached hydrogen (secondary N) is 1. The largest absolute Gasteiger partial charge is 0.382 e. The molecule has 0 amide bonds. The van der Waals surface area contributed by atoms with Gasteiger partial charge in [0.1, 0.15) is 0 Å². The Kier molecular flexibility index (Phi) is 4.92. The van der Waals surface area contributed by atoms with Crippen LogP contribution in [0.25, 0.3) is 21.8 Å². The van der Waals surface area contributed by atoms with Gasteiger partial charge in [0, 0.05) is 33.5 Å². The maximum atomic E-state index is 3.86. The van der Waals surface area contributed by atoms with Crippen molar-refractivity contribution in [3.8, 4) is 0 Å². The van der Waals surface area contributed by atoms with E-state index in [0.717, 1.165) is 12.8 Å². The highest BCUT2D eigenvalue weighted by Crippen LogP contribution is 2.41. The van der Waals surface area contributed by atoms with Crippen molar-refractivity contribution in [3.05, 3.63) is 114 Å². The molecule has 2 nitrogen and oxygen atoms in total. The molecule has 2 heteroatoms. The average molecular weight is 417 g/mol. The van der Waals surface area contributed by atoms with E-state index in [1.54, 1.807) is 0 Å². The van der Waals surface area contributed by atoms with E-state index in [0.29, 0.717) is 12.1 Å². The first-order chi connectivity index (χ1) is 15.9. The van der Waals surface area contributed by atoms with Crippen LogP contribution in [0, 0.1) is 0 Å². The summed E-state index contributed by atoms with van der Waals surface area (Å²) in [6.45, 7) is 0. The van der Waals surface area contributed by atoms with Crippen molar-refractivity contribution < 1.29 is 0 Å². The smallest absolute Gasteiger partial charge is 0.0631 e. The highest BCUT2D eigenvalue weighted by Gasteiger charge is 2.29. The van der Waals surface area contributed by atoms with Gasteiger partial charge in [-0.3, -0.25) is 0 Å². The third kappa shape index (κ3) is 3.36. The number of rotatable bonds is 5. The first-order valence-electron chi connectivity index (χ1n) is 11.8. The molecule has 4 aromatic carbocycles. The standard InChI is InChI=1S/C30H28N2/c1-2-11-22(12-3-1)13-10-14-23-21-30(26-17-4-7-18-27(26)31-23)32-28-19-8-5-15-24(28)25-16-6-9-20-29(25)32/h1-9,11-12,15-20,23,30-31H,10,13-14,21H2. The average Bonchev–Trinajstić information content (AvgIpc) is 3.19. The Balaban J connectivity index is 1.38. The van der Waals surface area contributed by atoms with E-state index in [-0.39, 0.29) is 0 Å². The summed E-state index contributed by atoms with van der Waals surface area (Å²) in [5.41, 5.74) is 6.79. The van der Waals surface area contributed by atoms with Gasteiger partial charge in [-0.2, -0.15) is 0 Å². The Bertz CT molecular complexity index is 1310. The number of hydrogen-bond donors (Lipinski definition) is 1. The van der Waals surface area contributed by atoms with Crippen LogP contribution < -0.4 is 5.32 Å². The lowest BCUT2D eigenvalue weighted by atomic mass is 9.89.